The second-order valence-corrected chi connectivity index (χ2v) is 5.07. The number of aryl methyl sites for hydroxylation is 1. The zero-order valence-electron chi connectivity index (χ0n) is 9.44. The van der Waals surface area contributed by atoms with E-state index in [1.165, 1.54) is 5.56 Å². The summed E-state index contributed by atoms with van der Waals surface area (Å²) in [4.78, 5) is 4.40. The molecule has 1 aromatic heterocycles. The second-order valence-electron chi connectivity index (χ2n) is 4.05. The zero-order valence-corrected chi connectivity index (χ0v) is 11.0. The maximum Gasteiger partial charge on any atom is 0.153 e. The van der Waals surface area contributed by atoms with Gasteiger partial charge >= 0.3 is 0 Å². The van der Waals surface area contributed by atoms with Gasteiger partial charge < -0.3 is 9.47 Å². The Morgan fingerprint density at radius 2 is 2.35 bits per heavy atom. The van der Waals surface area contributed by atoms with Gasteiger partial charge in [-0.1, -0.05) is 0 Å². The Hall–Kier alpha value is -1.29. The van der Waals surface area contributed by atoms with E-state index in [0.717, 1.165) is 35.2 Å². The summed E-state index contributed by atoms with van der Waals surface area (Å²) >= 11 is 3.48. The van der Waals surface area contributed by atoms with E-state index in [4.69, 9.17) is 9.47 Å². The predicted molar refractivity (Wildman–Crippen MR) is 70.0 cm³/mol. The molecule has 4 heteroatoms. The van der Waals surface area contributed by atoms with E-state index in [0.29, 0.717) is 0 Å². The number of rotatable bonds is 1. The van der Waals surface area contributed by atoms with Crippen molar-refractivity contribution < 1.29 is 9.47 Å². The summed E-state index contributed by atoms with van der Waals surface area (Å²) in [6.45, 7) is 0. The minimum atomic E-state index is 0.0971. The molecule has 0 aliphatic carbocycles. The Morgan fingerprint density at radius 3 is 3.18 bits per heavy atom. The van der Waals surface area contributed by atoms with Crippen molar-refractivity contribution in [1.82, 2.24) is 4.98 Å². The molecule has 0 amide bonds. The summed E-state index contributed by atoms with van der Waals surface area (Å²) in [5.41, 5.74) is 2.21. The summed E-state index contributed by atoms with van der Waals surface area (Å²) in [7, 11) is 1.68. The van der Waals surface area contributed by atoms with Crippen molar-refractivity contribution in [2.75, 3.05) is 7.11 Å². The van der Waals surface area contributed by atoms with Crippen LogP contribution >= 0.6 is 15.9 Å². The molecule has 1 aromatic carbocycles. The van der Waals surface area contributed by atoms with E-state index in [2.05, 4.69) is 20.9 Å². The average molecular weight is 294 g/mol. The summed E-state index contributed by atoms with van der Waals surface area (Å²) in [5.74, 6) is 1.73. The fourth-order valence-corrected chi connectivity index (χ4v) is 2.58. The predicted octanol–water partition coefficient (Wildman–Crippen LogP) is 3.29. The number of halogens is 1. The largest absolute Gasteiger partial charge is 0.497 e. The lowest BCUT2D eigenvalue weighted by atomic mass is 10.0. The van der Waals surface area contributed by atoms with Crippen LogP contribution in [-0.4, -0.2) is 17.1 Å². The number of nitrogens with zero attached hydrogens (tertiary/aromatic N) is 1. The highest BCUT2D eigenvalue weighted by Gasteiger charge is 2.20. The van der Waals surface area contributed by atoms with Crippen molar-refractivity contribution >= 4 is 26.8 Å². The SMILES string of the molecule is COc1ccc2ncc3c(c2c1)CCC(Br)O3. The number of hydrogen-bond acceptors (Lipinski definition) is 3. The molecule has 0 radical (unpaired) electrons. The van der Waals surface area contributed by atoms with E-state index in [1.807, 2.05) is 18.2 Å². The second kappa shape index (κ2) is 4.18. The minimum absolute atomic E-state index is 0.0971. The Morgan fingerprint density at radius 1 is 1.47 bits per heavy atom. The lowest BCUT2D eigenvalue weighted by Crippen LogP contribution is -2.16. The van der Waals surface area contributed by atoms with Crippen LogP contribution in [0.25, 0.3) is 10.9 Å². The van der Waals surface area contributed by atoms with Crippen LogP contribution in [0.1, 0.15) is 12.0 Å². The third-order valence-electron chi connectivity index (χ3n) is 3.02. The number of alkyl halides is 1. The Bertz CT molecular complexity index is 571. The van der Waals surface area contributed by atoms with E-state index >= 15 is 0 Å². The molecule has 0 fully saturated rings. The highest BCUT2D eigenvalue weighted by atomic mass is 79.9. The Labute approximate surface area is 108 Å². The molecule has 3 rings (SSSR count). The Balaban J connectivity index is 2.21. The lowest BCUT2D eigenvalue weighted by Gasteiger charge is -2.22. The molecule has 1 aliphatic rings. The van der Waals surface area contributed by atoms with Crippen molar-refractivity contribution in [2.24, 2.45) is 0 Å². The normalized spacial score (nSPS) is 18.6. The van der Waals surface area contributed by atoms with Crippen molar-refractivity contribution in [2.45, 2.75) is 17.9 Å². The van der Waals surface area contributed by atoms with Gasteiger partial charge in [0, 0.05) is 10.9 Å². The average Bonchev–Trinajstić information content (AvgIpc) is 2.37. The standard InChI is InChI=1S/C13H12BrNO2/c1-16-8-2-4-11-10(6-8)9-3-5-13(14)17-12(9)7-15-11/h2,4,6-7,13H,3,5H2,1H3. The van der Waals surface area contributed by atoms with Gasteiger partial charge in [-0.2, -0.15) is 0 Å². The number of hydrogen-bond donors (Lipinski definition) is 0. The summed E-state index contributed by atoms with van der Waals surface area (Å²) in [6.07, 6.45) is 3.78. The maximum atomic E-state index is 5.73. The number of benzene rings is 1. The molecule has 2 heterocycles. The fraction of sp³-hybridized carbons (Fsp3) is 0.308. The number of pyridine rings is 1. The molecule has 0 saturated carbocycles. The van der Waals surface area contributed by atoms with Crippen LogP contribution < -0.4 is 9.47 Å². The molecule has 1 aliphatic heterocycles. The van der Waals surface area contributed by atoms with Gasteiger partial charge in [0.15, 0.2) is 5.01 Å². The molecular formula is C13H12BrNO2. The molecule has 1 atom stereocenters. The van der Waals surface area contributed by atoms with Crippen molar-refractivity contribution in [3.8, 4) is 11.5 Å². The molecular weight excluding hydrogens is 282 g/mol. The van der Waals surface area contributed by atoms with E-state index in [1.54, 1.807) is 13.3 Å². The van der Waals surface area contributed by atoms with Gasteiger partial charge in [0.05, 0.1) is 18.8 Å². The van der Waals surface area contributed by atoms with Crippen molar-refractivity contribution in [3.63, 3.8) is 0 Å². The van der Waals surface area contributed by atoms with Crippen LogP contribution in [0.4, 0.5) is 0 Å². The van der Waals surface area contributed by atoms with Gasteiger partial charge in [-0.15, -0.1) is 0 Å². The zero-order chi connectivity index (χ0) is 11.8. The highest BCUT2D eigenvalue weighted by molar-refractivity contribution is 9.09. The first-order chi connectivity index (χ1) is 8.28. The van der Waals surface area contributed by atoms with Crippen LogP contribution in [0, 0.1) is 0 Å². The number of fused-ring (bicyclic) bond motifs is 3. The first-order valence-electron chi connectivity index (χ1n) is 5.54. The number of aromatic nitrogens is 1. The summed E-state index contributed by atoms with van der Waals surface area (Å²) in [5, 5.41) is 1.22. The Kier molecular flexibility index (Phi) is 2.67. The first kappa shape index (κ1) is 10.8. The third-order valence-corrected chi connectivity index (χ3v) is 3.67. The highest BCUT2D eigenvalue weighted by Crippen LogP contribution is 2.35. The van der Waals surface area contributed by atoms with Crippen LogP contribution in [0.3, 0.4) is 0 Å². The summed E-state index contributed by atoms with van der Waals surface area (Å²) < 4.78 is 11.0. The quantitative estimate of drug-likeness (QED) is 0.756. The van der Waals surface area contributed by atoms with E-state index in [-0.39, 0.29) is 5.01 Å². The van der Waals surface area contributed by atoms with Crippen LogP contribution in [-0.2, 0) is 6.42 Å². The number of ether oxygens (including phenoxy) is 2. The molecule has 0 N–H and O–H groups in total. The molecule has 0 spiro atoms. The lowest BCUT2D eigenvalue weighted by molar-refractivity contribution is 0.262. The van der Waals surface area contributed by atoms with Gasteiger partial charge in [0.1, 0.15) is 11.5 Å². The fourth-order valence-electron chi connectivity index (χ4n) is 2.15. The minimum Gasteiger partial charge on any atom is -0.497 e. The summed E-state index contributed by atoms with van der Waals surface area (Å²) in [6, 6.07) is 5.94. The van der Waals surface area contributed by atoms with Crippen molar-refractivity contribution in [3.05, 3.63) is 30.0 Å². The topological polar surface area (TPSA) is 31.4 Å². The molecule has 2 aromatic rings. The first-order valence-corrected chi connectivity index (χ1v) is 6.46. The van der Waals surface area contributed by atoms with Crippen LogP contribution in [0.2, 0.25) is 0 Å². The number of methoxy groups -OCH3 is 1. The molecule has 3 nitrogen and oxygen atoms in total. The van der Waals surface area contributed by atoms with Gasteiger partial charge in [-0.25, -0.2) is 0 Å². The third kappa shape index (κ3) is 1.86. The van der Waals surface area contributed by atoms with Crippen molar-refractivity contribution in [1.29, 1.82) is 0 Å². The smallest absolute Gasteiger partial charge is 0.153 e. The van der Waals surface area contributed by atoms with Crippen LogP contribution in [0.15, 0.2) is 24.4 Å². The van der Waals surface area contributed by atoms with E-state index < -0.39 is 0 Å². The monoisotopic (exact) mass is 293 g/mol. The maximum absolute atomic E-state index is 5.73. The molecule has 0 bridgehead atoms. The van der Waals surface area contributed by atoms with E-state index in [9.17, 15) is 0 Å². The molecule has 17 heavy (non-hydrogen) atoms. The van der Waals surface area contributed by atoms with Gasteiger partial charge in [0.25, 0.3) is 0 Å². The molecule has 1 unspecified atom stereocenters. The van der Waals surface area contributed by atoms with Crippen LogP contribution in [0.5, 0.6) is 11.5 Å². The van der Waals surface area contributed by atoms with Gasteiger partial charge in [-0.3, -0.25) is 4.98 Å². The van der Waals surface area contributed by atoms with Gasteiger partial charge in [-0.05, 0) is 47.0 Å². The molecule has 88 valence electrons. The van der Waals surface area contributed by atoms with Gasteiger partial charge in [0.2, 0.25) is 0 Å². The molecule has 0 saturated heterocycles.